The van der Waals surface area contributed by atoms with Crippen LogP contribution < -0.4 is 20.2 Å². The maximum atomic E-state index is 15.0. The molecule has 3 aromatic heterocycles. The number of aromatic amines is 1. The van der Waals surface area contributed by atoms with Crippen LogP contribution in [0.1, 0.15) is 21.7 Å². The van der Waals surface area contributed by atoms with Crippen molar-refractivity contribution in [3.05, 3.63) is 99.6 Å². The molecule has 3 heterocycles. The standard InChI is InChI=1S/C28H21F2N5O4/c1-14-12-20-24(33-28(14)38-3)22(10-11-31-20)39-21-9-8-18(13-19(21)30)32-27(37)25-26(36)23(15(2)34-35-25)16-4-6-17(29)7-5-16/h4-13H,1-3H3,(H,32,37)(H,34,36). The minimum atomic E-state index is -0.848. The Labute approximate surface area is 220 Å². The lowest BCUT2D eigenvalue weighted by Crippen LogP contribution is -2.26. The van der Waals surface area contributed by atoms with Gasteiger partial charge in [-0.1, -0.05) is 12.1 Å². The summed E-state index contributed by atoms with van der Waals surface area (Å²) in [5.74, 6) is -1.54. The molecular formula is C28H21F2N5O4. The summed E-state index contributed by atoms with van der Waals surface area (Å²) in [5.41, 5.74) is 1.71. The van der Waals surface area contributed by atoms with E-state index in [0.717, 1.165) is 11.6 Å². The normalized spacial score (nSPS) is 10.9. The summed E-state index contributed by atoms with van der Waals surface area (Å²) in [5, 5.41) is 8.98. The first-order valence-electron chi connectivity index (χ1n) is 11.7. The average molecular weight is 530 g/mol. The van der Waals surface area contributed by atoms with Crippen LogP contribution in [0, 0.1) is 25.5 Å². The maximum Gasteiger partial charge on any atom is 0.280 e. The van der Waals surface area contributed by atoms with Gasteiger partial charge in [0.15, 0.2) is 23.0 Å². The van der Waals surface area contributed by atoms with E-state index in [9.17, 15) is 18.4 Å². The summed E-state index contributed by atoms with van der Waals surface area (Å²) < 4.78 is 39.4. The number of H-pyrrole nitrogens is 1. The number of carbonyl (C=O) groups is 1. The molecule has 0 aliphatic rings. The number of pyridine rings is 2. The summed E-state index contributed by atoms with van der Waals surface area (Å²) in [7, 11) is 1.49. The van der Waals surface area contributed by atoms with E-state index in [4.69, 9.17) is 9.47 Å². The molecule has 1 amide bonds. The number of halogens is 2. The molecule has 0 radical (unpaired) electrons. The number of ether oxygens (including phenoxy) is 2. The Morgan fingerprint density at radius 3 is 2.49 bits per heavy atom. The van der Waals surface area contributed by atoms with E-state index < -0.39 is 28.7 Å². The summed E-state index contributed by atoms with van der Waals surface area (Å²) >= 11 is 0. The van der Waals surface area contributed by atoms with Gasteiger partial charge in [0.1, 0.15) is 11.3 Å². The lowest BCUT2D eigenvalue weighted by Gasteiger charge is -2.12. The molecular weight excluding hydrogens is 508 g/mol. The Morgan fingerprint density at radius 1 is 1.00 bits per heavy atom. The SMILES string of the molecule is COc1nc2c(Oc3ccc(NC(=O)c4n[nH]c(C)c(-c5ccc(F)cc5)c4=O)cc3F)ccnc2cc1C. The number of nitrogens with zero attached hydrogens (tertiary/aromatic N) is 3. The van der Waals surface area contributed by atoms with Crippen molar-refractivity contribution >= 4 is 22.6 Å². The van der Waals surface area contributed by atoms with E-state index in [1.54, 1.807) is 19.1 Å². The van der Waals surface area contributed by atoms with Gasteiger partial charge in [-0.05, 0) is 49.7 Å². The quantitative estimate of drug-likeness (QED) is 0.305. The van der Waals surface area contributed by atoms with Gasteiger partial charge in [0.05, 0.1) is 18.2 Å². The third-order valence-electron chi connectivity index (χ3n) is 5.92. The number of hydrogen-bond donors (Lipinski definition) is 2. The van der Waals surface area contributed by atoms with Crippen LogP contribution in [0.25, 0.3) is 22.2 Å². The van der Waals surface area contributed by atoms with Crippen LogP contribution in [0.3, 0.4) is 0 Å². The van der Waals surface area contributed by atoms with Gasteiger partial charge in [-0.25, -0.2) is 13.8 Å². The van der Waals surface area contributed by atoms with Crippen LogP contribution >= 0.6 is 0 Å². The van der Waals surface area contributed by atoms with Gasteiger partial charge in [-0.15, -0.1) is 0 Å². The molecule has 11 heteroatoms. The first-order valence-corrected chi connectivity index (χ1v) is 11.7. The Morgan fingerprint density at radius 2 is 1.77 bits per heavy atom. The molecule has 0 unspecified atom stereocenters. The Balaban J connectivity index is 1.40. The summed E-state index contributed by atoms with van der Waals surface area (Å²) in [6.07, 6.45) is 1.52. The van der Waals surface area contributed by atoms with Gasteiger partial charge < -0.3 is 14.8 Å². The van der Waals surface area contributed by atoms with Crippen LogP contribution in [0.15, 0.2) is 65.6 Å². The van der Waals surface area contributed by atoms with E-state index in [1.807, 2.05) is 6.92 Å². The Bertz CT molecular complexity index is 1790. The van der Waals surface area contributed by atoms with E-state index >= 15 is 0 Å². The molecule has 196 valence electrons. The summed E-state index contributed by atoms with van der Waals surface area (Å²) in [6, 6.07) is 12.4. The highest BCUT2D eigenvalue weighted by Gasteiger charge is 2.20. The molecule has 0 spiro atoms. The van der Waals surface area contributed by atoms with Crippen molar-refractivity contribution in [1.29, 1.82) is 0 Å². The fourth-order valence-corrected chi connectivity index (χ4v) is 4.04. The minimum absolute atomic E-state index is 0.0740. The fourth-order valence-electron chi connectivity index (χ4n) is 4.04. The lowest BCUT2D eigenvalue weighted by molar-refractivity contribution is 0.102. The molecule has 2 N–H and O–H groups in total. The third kappa shape index (κ3) is 5.01. The highest BCUT2D eigenvalue weighted by atomic mass is 19.1. The second-order valence-electron chi connectivity index (χ2n) is 8.60. The lowest BCUT2D eigenvalue weighted by atomic mass is 10.0. The van der Waals surface area contributed by atoms with Crippen molar-refractivity contribution in [3.63, 3.8) is 0 Å². The highest BCUT2D eigenvalue weighted by molar-refractivity contribution is 6.03. The summed E-state index contributed by atoms with van der Waals surface area (Å²) in [6.45, 7) is 3.44. The van der Waals surface area contributed by atoms with Gasteiger partial charge in [-0.3, -0.25) is 19.7 Å². The topological polar surface area (TPSA) is 119 Å². The molecule has 39 heavy (non-hydrogen) atoms. The second kappa shape index (κ2) is 10.3. The van der Waals surface area contributed by atoms with E-state index in [-0.39, 0.29) is 22.7 Å². The van der Waals surface area contributed by atoms with Crippen molar-refractivity contribution in [3.8, 4) is 28.5 Å². The van der Waals surface area contributed by atoms with Crippen molar-refractivity contribution in [2.45, 2.75) is 13.8 Å². The average Bonchev–Trinajstić information content (AvgIpc) is 2.91. The zero-order valence-corrected chi connectivity index (χ0v) is 21.0. The molecule has 5 rings (SSSR count). The molecule has 0 atom stereocenters. The number of amides is 1. The minimum Gasteiger partial charge on any atom is -0.481 e. The molecule has 0 bridgehead atoms. The zero-order chi connectivity index (χ0) is 27.7. The van der Waals surface area contributed by atoms with Gasteiger partial charge in [0.2, 0.25) is 11.3 Å². The number of anilines is 1. The van der Waals surface area contributed by atoms with Gasteiger partial charge >= 0.3 is 0 Å². The third-order valence-corrected chi connectivity index (χ3v) is 5.92. The largest absolute Gasteiger partial charge is 0.481 e. The van der Waals surface area contributed by atoms with Crippen LogP contribution in [0.4, 0.5) is 14.5 Å². The van der Waals surface area contributed by atoms with Crippen molar-refractivity contribution in [1.82, 2.24) is 20.2 Å². The van der Waals surface area contributed by atoms with E-state index in [1.165, 1.54) is 49.7 Å². The Hall–Kier alpha value is -5.19. The number of fused-ring (bicyclic) bond motifs is 1. The monoisotopic (exact) mass is 529 g/mol. The molecule has 0 fully saturated rings. The highest BCUT2D eigenvalue weighted by Crippen LogP contribution is 2.32. The first kappa shape index (κ1) is 25.5. The molecule has 0 saturated carbocycles. The Kier molecular flexibility index (Phi) is 6.72. The van der Waals surface area contributed by atoms with E-state index in [0.29, 0.717) is 28.2 Å². The van der Waals surface area contributed by atoms with Crippen LogP contribution in [-0.4, -0.2) is 33.2 Å². The van der Waals surface area contributed by atoms with Crippen molar-refractivity contribution < 1.29 is 23.0 Å². The molecule has 5 aromatic rings. The predicted molar refractivity (Wildman–Crippen MR) is 140 cm³/mol. The van der Waals surface area contributed by atoms with Crippen LogP contribution in [-0.2, 0) is 0 Å². The smallest absolute Gasteiger partial charge is 0.280 e. The molecule has 2 aromatic carbocycles. The number of rotatable bonds is 6. The second-order valence-corrected chi connectivity index (χ2v) is 8.60. The molecule has 0 aliphatic heterocycles. The molecule has 0 saturated heterocycles. The number of aromatic nitrogens is 4. The fraction of sp³-hybridized carbons (Fsp3) is 0.107. The number of hydrogen-bond acceptors (Lipinski definition) is 7. The van der Waals surface area contributed by atoms with E-state index in [2.05, 4.69) is 25.5 Å². The number of benzene rings is 2. The van der Waals surface area contributed by atoms with Crippen LogP contribution in [0.2, 0.25) is 0 Å². The van der Waals surface area contributed by atoms with Gasteiger partial charge in [0.25, 0.3) is 5.91 Å². The first-order chi connectivity index (χ1) is 18.7. The number of carbonyl (C=O) groups excluding carboxylic acids is 1. The number of aryl methyl sites for hydroxylation is 2. The molecule has 0 aliphatic carbocycles. The number of methoxy groups -OCH3 is 1. The number of nitrogens with one attached hydrogen (secondary N) is 2. The van der Waals surface area contributed by atoms with Gasteiger partial charge in [-0.2, -0.15) is 5.10 Å². The van der Waals surface area contributed by atoms with Crippen molar-refractivity contribution in [2.75, 3.05) is 12.4 Å². The zero-order valence-electron chi connectivity index (χ0n) is 21.0. The predicted octanol–water partition coefficient (Wildman–Crippen LogP) is 5.33. The molecule has 9 nitrogen and oxygen atoms in total. The summed E-state index contributed by atoms with van der Waals surface area (Å²) in [4.78, 5) is 34.6. The van der Waals surface area contributed by atoms with Crippen LogP contribution in [0.5, 0.6) is 17.4 Å². The van der Waals surface area contributed by atoms with Crippen molar-refractivity contribution in [2.24, 2.45) is 0 Å². The maximum absolute atomic E-state index is 15.0. The van der Waals surface area contributed by atoms with Gasteiger partial charge in [0, 0.05) is 35.3 Å².